The van der Waals surface area contributed by atoms with Crippen LogP contribution in [0.15, 0.2) is 18.2 Å². The van der Waals surface area contributed by atoms with E-state index in [1.807, 2.05) is 0 Å². The van der Waals surface area contributed by atoms with Crippen LogP contribution in [0.2, 0.25) is 0 Å². The molecule has 120 valence electrons. The summed E-state index contributed by atoms with van der Waals surface area (Å²) in [5.74, 6) is -2.19. The average Bonchev–Trinajstić information content (AvgIpc) is 3.26. The number of hydrogen-bond acceptors (Lipinski definition) is 2. The van der Waals surface area contributed by atoms with E-state index in [0.717, 1.165) is 12.1 Å². The number of rotatable bonds is 5. The van der Waals surface area contributed by atoms with Gasteiger partial charge in [0.15, 0.2) is 11.6 Å². The van der Waals surface area contributed by atoms with Crippen LogP contribution in [-0.4, -0.2) is 44.0 Å². The van der Waals surface area contributed by atoms with Crippen LogP contribution in [-0.2, 0) is 4.79 Å². The highest BCUT2D eigenvalue weighted by Crippen LogP contribution is 2.47. The Morgan fingerprint density at radius 3 is 2.50 bits per heavy atom. The first-order valence-corrected chi connectivity index (χ1v) is 7.08. The Hall–Kier alpha value is -2.18. The van der Waals surface area contributed by atoms with E-state index in [1.165, 1.54) is 11.0 Å². The van der Waals surface area contributed by atoms with Gasteiger partial charge >= 0.3 is 6.03 Å². The highest BCUT2D eigenvalue weighted by Gasteiger charge is 2.43. The van der Waals surface area contributed by atoms with Crippen molar-refractivity contribution >= 4 is 11.9 Å². The molecule has 2 rings (SSSR count). The van der Waals surface area contributed by atoms with Crippen LogP contribution in [0, 0.1) is 17.6 Å². The van der Waals surface area contributed by atoms with Gasteiger partial charge in [0.25, 0.3) is 0 Å². The van der Waals surface area contributed by atoms with Crippen molar-refractivity contribution in [1.29, 1.82) is 0 Å². The fraction of sp³-hybridized carbons (Fsp3) is 0.467. The van der Waals surface area contributed by atoms with E-state index in [-0.39, 0.29) is 23.8 Å². The standard InChI is InChI=1S/C15H19F2N3O2/c1-20(2)15(22)19-6-5-18-14(21)11-8-10(11)9-3-4-12(16)13(17)7-9/h3-4,7,10-11H,5-6,8H2,1-2H3,(H,18,21)(H,19,22)/t10-,11-/m0/s1. The van der Waals surface area contributed by atoms with Gasteiger partial charge in [-0.05, 0) is 30.0 Å². The van der Waals surface area contributed by atoms with Crippen molar-refractivity contribution < 1.29 is 18.4 Å². The maximum atomic E-state index is 13.2. The topological polar surface area (TPSA) is 61.4 Å². The molecule has 0 spiro atoms. The second-order valence-corrected chi connectivity index (χ2v) is 5.54. The molecule has 0 radical (unpaired) electrons. The van der Waals surface area contributed by atoms with Gasteiger partial charge < -0.3 is 15.5 Å². The summed E-state index contributed by atoms with van der Waals surface area (Å²) in [6.45, 7) is 0.671. The lowest BCUT2D eigenvalue weighted by atomic mass is 10.1. The number of carbonyl (C=O) groups is 2. The summed E-state index contributed by atoms with van der Waals surface area (Å²) in [6.07, 6.45) is 0.626. The third kappa shape index (κ3) is 3.93. The van der Waals surface area contributed by atoms with Gasteiger partial charge in [-0.1, -0.05) is 6.07 Å². The minimum Gasteiger partial charge on any atom is -0.354 e. The lowest BCUT2D eigenvalue weighted by Gasteiger charge is -2.12. The van der Waals surface area contributed by atoms with Crippen LogP contribution in [0.3, 0.4) is 0 Å². The van der Waals surface area contributed by atoms with E-state index < -0.39 is 11.6 Å². The summed E-state index contributed by atoms with van der Waals surface area (Å²) in [5.41, 5.74) is 0.639. The molecule has 1 aliphatic rings. The molecule has 1 saturated carbocycles. The zero-order valence-corrected chi connectivity index (χ0v) is 12.5. The number of benzene rings is 1. The summed E-state index contributed by atoms with van der Waals surface area (Å²) in [5, 5.41) is 5.36. The lowest BCUT2D eigenvalue weighted by molar-refractivity contribution is -0.122. The molecule has 1 aromatic carbocycles. The SMILES string of the molecule is CN(C)C(=O)NCCNC(=O)[C@H]1C[C@H]1c1ccc(F)c(F)c1. The number of nitrogens with one attached hydrogen (secondary N) is 2. The number of urea groups is 1. The van der Waals surface area contributed by atoms with E-state index in [9.17, 15) is 18.4 Å². The molecule has 0 aliphatic heterocycles. The Labute approximate surface area is 127 Å². The molecular weight excluding hydrogens is 292 g/mol. The first-order valence-electron chi connectivity index (χ1n) is 7.08. The molecule has 2 N–H and O–H groups in total. The molecule has 5 nitrogen and oxygen atoms in total. The molecule has 0 heterocycles. The molecule has 22 heavy (non-hydrogen) atoms. The normalized spacial score (nSPS) is 19.5. The van der Waals surface area contributed by atoms with Crippen molar-refractivity contribution in [1.82, 2.24) is 15.5 Å². The van der Waals surface area contributed by atoms with Gasteiger partial charge in [-0.25, -0.2) is 13.6 Å². The Balaban J connectivity index is 1.74. The molecule has 2 atom stereocenters. The van der Waals surface area contributed by atoms with Gasteiger partial charge in [-0.2, -0.15) is 0 Å². The van der Waals surface area contributed by atoms with Gasteiger partial charge in [-0.15, -0.1) is 0 Å². The summed E-state index contributed by atoms with van der Waals surface area (Å²) < 4.78 is 26.0. The third-order valence-electron chi connectivity index (χ3n) is 3.61. The fourth-order valence-corrected chi connectivity index (χ4v) is 2.24. The van der Waals surface area contributed by atoms with E-state index in [0.29, 0.717) is 25.1 Å². The van der Waals surface area contributed by atoms with Gasteiger partial charge in [0.1, 0.15) is 0 Å². The Morgan fingerprint density at radius 2 is 1.86 bits per heavy atom. The van der Waals surface area contributed by atoms with E-state index in [2.05, 4.69) is 10.6 Å². The van der Waals surface area contributed by atoms with E-state index in [1.54, 1.807) is 14.1 Å². The van der Waals surface area contributed by atoms with Crippen molar-refractivity contribution in [2.45, 2.75) is 12.3 Å². The maximum Gasteiger partial charge on any atom is 0.316 e. The van der Waals surface area contributed by atoms with Crippen molar-refractivity contribution in [3.63, 3.8) is 0 Å². The first-order chi connectivity index (χ1) is 10.4. The highest BCUT2D eigenvalue weighted by atomic mass is 19.2. The predicted octanol–water partition coefficient (Wildman–Crippen LogP) is 1.46. The van der Waals surface area contributed by atoms with Crippen LogP contribution < -0.4 is 10.6 Å². The fourth-order valence-electron chi connectivity index (χ4n) is 2.24. The monoisotopic (exact) mass is 311 g/mol. The first kappa shape index (κ1) is 16.2. The van der Waals surface area contributed by atoms with E-state index in [4.69, 9.17) is 0 Å². The smallest absolute Gasteiger partial charge is 0.316 e. The van der Waals surface area contributed by atoms with Gasteiger partial charge in [-0.3, -0.25) is 4.79 Å². The molecule has 1 fully saturated rings. The Bertz CT molecular complexity index is 578. The molecular formula is C15H19F2N3O2. The summed E-state index contributed by atoms with van der Waals surface area (Å²) in [4.78, 5) is 24.6. The quantitative estimate of drug-likeness (QED) is 0.809. The average molecular weight is 311 g/mol. The largest absolute Gasteiger partial charge is 0.354 e. The number of nitrogens with zero attached hydrogens (tertiary/aromatic N) is 1. The molecule has 0 unspecified atom stereocenters. The molecule has 1 aromatic rings. The van der Waals surface area contributed by atoms with Crippen molar-refractivity contribution in [2.75, 3.05) is 27.2 Å². The molecule has 0 aromatic heterocycles. The molecule has 3 amide bonds. The van der Waals surface area contributed by atoms with Crippen LogP contribution >= 0.6 is 0 Å². The number of halogens is 2. The maximum absolute atomic E-state index is 13.2. The molecule has 1 aliphatic carbocycles. The van der Waals surface area contributed by atoms with Gasteiger partial charge in [0.2, 0.25) is 5.91 Å². The minimum absolute atomic E-state index is 0.0635. The van der Waals surface area contributed by atoms with Crippen LogP contribution in [0.1, 0.15) is 17.9 Å². The number of carbonyl (C=O) groups excluding carboxylic acids is 2. The van der Waals surface area contributed by atoms with Gasteiger partial charge in [0.05, 0.1) is 0 Å². The van der Waals surface area contributed by atoms with Crippen molar-refractivity contribution in [3.05, 3.63) is 35.4 Å². The number of amides is 3. The second-order valence-electron chi connectivity index (χ2n) is 5.54. The Kier molecular flexibility index (Phi) is 4.95. The van der Waals surface area contributed by atoms with Crippen LogP contribution in [0.25, 0.3) is 0 Å². The van der Waals surface area contributed by atoms with Crippen molar-refractivity contribution in [2.24, 2.45) is 5.92 Å². The van der Waals surface area contributed by atoms with Crippen LogP contribution in [0.5, 0.6) is 0 Å². The zero-order valence-electron chi connectivity index (χ0n) is 12.5. The molecule has 0 saturated heterocycles. The lowest BCUT2D eigenvalue weighted by Crippen LogP contribution is -2.40. The zero-order chi connectivity index (χ0) is 16.3. The van der Waals surface area contributed by atoms with E-state index >= 15 is 0 Å². The summed E-state index contributed by atoms with van der Waals surface area (Å²) in [6, 6.07) is 3.51. The van der Waals surface area contributed by atoms with Crippen molar-refractivity contribution in [3.8, 4) is 0 Å². The molecule has 7 heteroatoms. The molecule has 0 bridgehead atoms. The number of hydrogen-bond donors (Lipinski definition) is 2. The van der Waals surface area contributed by atoms with Gasteiger partial charge in [0, 0.05) is 33.1 Å². The highest BCUT2D eigenvalue weighted by molar-refractivity contribution is 5.83. The summed E-state index contributed by atoms with van der Waals surface area (Å²) >= 11 is 0. The third-order valence-corrected chi connectivity index (χ3v) is 3.61. The predicted molar refractivity (Wildman–Crippen MR) is 77.3 cm³/mol. The second kappa shape index (κ2) is 6.72. The minimum atomic E-state index is -0.894. The summed E-state index contributed by atoms with van der Waals surface area (Å²) in [7, 11) is 3.26. The van der Waals surface area contributed by atoms with Crippen LogP contribution in [0.4, 0.5) is 13.6 Å². The Morgan fingerprint density at radius 1 is 1.18 bits per heavy atom.